The minimum absolute atomic E-state index is 0.703. The SMILES string of the molecule is COCc1cccc(CNC2CC(C)C2)c1. The van der Waals surface area contributed by atoms with Crippen LogP contribution in [0.15, 0.2) is 24.3 Å². The molecule has 2 nitrogen and oxygen atoms in total. The molecule has 16 heavy (non-hydrogen) atoms. The summed E-state index contributed by atoms with van der Waals surface area (Å²) in [6, 6.07) is 9.35. The monoisotopic (exact) mass is 219 g/mol. The summed E-state index contributed by atoms with van der Waals surface area (Å²) in [7, 11) is 1.74. The van der Waals surface area contributed by atoms with Gasteiger partial charge in [0.15, 0.2) is 0 Å². The minimum atomic E-state index is 0.703. The largest absolute Gasteiger partial charge is 0.380 e. The molecule has 1 fully saturated rings. The average molecular weight is 219 g/mol. The van der Waals surface area contributed by atoms with Crippen molar-refractivity contribution in [2.75, 3.05) is 7.11 Å². The minimum Gasteiger partial charge on any atom is -0.380 e. The van der Waals surface area contributed by atoms with Crippen LogP contribution in [0.2, 0.25) is 0 Å². The van der Waals surface area contributed by atoms with Crippen molar-refractivity contribution >= 4 is 0 Å². The Bertz CT molecular complexity index is 331. The summed E-state index contributed by atoms with van der Waals surface area (Å²) in [5.74, 6) is 0.914. The smallest absolute Gasteiger partial charge is 0.0713 e. The molecule has 0 atom stereocenters. The summed E-state index contributed by atoms with van der Waals surface area (Å²) in [4.78, 5) is 0. The second-order valence-electron chi connectivity index (χ2n) is 4.91. The van der Waals surface area contributed by atoms with Crippen LogP contribution < -0.4 is 5.32 Å². The van der Waals surface area contributed by atoms with E-state index >= 15 is 0 Å². The van der Waals surface area contributed by atoms with Crippen LogP contribution in [-0.2, 0) is 17.9 Å². The van der Waals surface area contributed by atoms with E-state index in [1.165, 1.54) is 24.0 Å². The van der Waals surface area contributed by atoms with Crippen molar-refractivity contribution in [3.63, 3.8) is 0 Å². The van der Waals surface area contributed by atoms with E-state index in [0.29, 0.717) is 6.61 Å². The normalized spacial score (nSPS) is 24.1. The van der Waals surface area contributed by atoms with E-state index in [1.54, 1.807) is 7.11 Å². The maximum Gasteiger partial charge on any atom is 0.0713 e. The van der Waals surface area contributed by atoms with Crippen molar-refractivity contribution in [1.82, 2.24) is 5.32 Å². The van der Waals surface area contributed by atoms with Crippen molar-refractivity contribution < 1.29 is 4.74 Å². The van der Waals surface area contributed by atoms with Crippen molar-refractivity contribution in [3.05, 3.63) is 35.4 Å². The maximum atomic E-state index is 5.13. The van der Waals surface area contributed by atoms with Crippen molar-refractivity contribution in [2.24, 2.45) is 5.92 Å². The average Bonchev–Trinajstić information content (AvgIpc) is 2.24. The lowest BCUT2D eigenvalue weighted by atomic mass is 9.82. The molecule has 0 aromatic heterocycles. The van der Waals surface area contributed by atoms with Crippen LogP contribution in [0.5, 0.6) is 0 Å². The molecule has 0 heterocycles. The molecule has 1 aliphatic carbocycles. The number of benzene rings is 1. The Hall–Kier alpha value is -0.860. The lowest BCUT2D eigenvalue weighted by molar-refractivity contribution is 0.185. The quantitative estimate of drug-likeness (QED) is 0.822. The number of methoxy groups -OCH3 is 1. The molecule has 0 saturated heterocycles. The molecule has 0 unspecified atom stereocenters. The molecule has 1 N–H and O–H groups in total. The molecule has 1 aromatic rings. The summed E-state index contributed by atoms with van der Waals surface area (Å²) in [5, 5.41) is 3.59. The Balaban J connectivity index is 1.81. The highest BCUT2D eigenvalue weighted by molar-refractivity contribution is 5.23. The lowest BCUT2D eigenvalue weighted by Crippen LogP contribution is -2.39. The fourth-order valence-electron chi connectivity index (χ4n) is 2.33. The Morgan fingerprint density at radius 2 is 2.06 bits per heavy atom. The molecule has 1 aromatic carbocycles. The van der Waals surface area contributed by atoms with E-state index in [4.69, 9.17) is 4.74 Å². The van der Waals surface area contributed by atoms with E-state index in [2.05, 4.69) is 36.5 Å². The highest BCUT2D eigenvalue weighted by Gasteiger charge is 2.24. The van der Waals surface area contributed by atoms with Crippen molar-refractivity contribution in [3.8, 4) is 0 Å². The van der Waals surface area contributed by atoms with Crippen molar-refractivity contribution in [1.29, 1.82) is 0 Å². The van der Waals surface area contributed by atoms with Gasteiger partial charge in [-0.1, -0.05) is 31.2 Å². The summed E-state index contributed by atoms with van der Waals surface area (Å²) < 4.78 is 5.13. The third-order valence-corrected chi connectivity index (χ3v) is 3.27. The molecule has 1 aliphatic rings. The first-order valence-electron chi connectivity index (χ1n) is 6.08. The second-order valence-corrected chi connectivity index (χ2v) is 4.91. The molecular formula is C14H21NO. The van der Waals surface area contributed by atoms with E-state index in [0.717, 1.165) is 18.5 Å². The van der Waals surface area contributed by atoms with E-state index in [1.807, 2.05) is 0 Å². The number of rotatable bonds is 5. The van der Waals surface area contributed by atoms with Gasteiger partial charge in [-0.25, -0.2) is 0 Å². The standard InChI is InChI=1S/C14H21NO/c1-11-6-14(7-11)15-9-12-4-3-5-13(8-12)10-16-2/h3-5,8,11,14-15H,6-7,9-10H2,1-2H3. The molecule has 0 bridgehead atoms. The number of ether oxygens (including phenoxy) is 1. The summed E-state index contributed by atoms with van der Waals surface area (Å²) in [6.07, 6.45) is 2.66. The fraction of sp³-hybridized carbons (Fsp3) is 0.571. The Kier molecular flexibility index (Phi) is 3.97. The second kappa shape index (κ2) is 5.46. The predicted octanol–water partition coefficient (Wildman–Crippen LogP) is 2.72. The topological polar surface area (TPSA) is 21.3 Å². The Morgan fingerprint density at radius 1 is 1.31 bits per heavy atom. The van der Waals surface area contributed by atoms with E-state index < -0.39 is 0 Å². The molecule has 2 rings (SSSR count). The maximum absolute atomic E-state index is 5.13. The van der Waals surface area contributed by atoms with Gasteiger partial charge in [-0.05, 0) is 29.9 Å². The third-order valence-electron chi connectivity index (χ3n) is 3.27. The van der Waals surface area contributed by atoms with Gasteiger partial charge >= 0.3 is 0 Å². The lowest BCUT2D eigenvalue weighted by Gasteiger charge is -2.33. The van der Waals surface area contributed by atoms with Crippen LogP contribution in [0, 0.1) is 5.92 Å². The molecule has 1 saturated carbocycles. The zero-order valence-corrected chi connectivity index (χ0v) is 10.2. The number of hydrogen-bond donors (Lipinski definition) is 1. The first-order chi connectivity index (χ1) is 7.78. The van der Waals surface area contributed by atoms with E-state index in [-0.39, 0.29) is 0 Å². The van der Waals surface area contributed by atoms with Crippen LogP contribution in [0.25, 0.3) is 0 Å². The van der Waals surface area contributed by atoms with Gasteiger partial charge in [0, 0.05) is 19.7 Å². The molecular weight excluding hydrogens is 198 g/mol. The van der Waals surface area contributed by atoms with Gasteiger partial charge in [-0.15, -0.1) is 0 Å². The van der Waals surface area contributed by atoms with Crippen LogP contribution in [-0.4, -0.2) is 13.2 Å². The van der Waals surface area contributed by atoms with Gasteiger partial charge in [-0.2, -0.15) is 0 Å². The van der Waals surface area contributed by atoms with Gasteiger partial charge in [0.05, 0.1) is 6.61 Å². The highest BCUT2D eigenvalue weighted by atomic mass is 16.5. The fourth-order valence-corrected chi connectivity index (χ4v) is 2.33. The predicted molar refractivity (Wildman–Crippen MR) is 66.2 cm³/mol. The van der Waals surface area contributed by atoms with E-state index in [9.17, 15) is 0 Å². The molecule has 0 amide bonds. The Labute approximate surface area is 98.0 Å². The van der Waals surface area contributed by atoms with Gasteiger partial charge in [-0.3, -0.25) is 0 Å². The van der Waals surface area contributed by atoms with Crippen LogP contribution in [0.1, 0.15) is 30.9 Å². The van der Waals surface area contributed by atoms with Crippen LogP contribution >= 0.6 is 0 Å². The third kappa shape index (κ3) is 3.06. The summed E-state index contributed by atoms with van der Waals surface area (Å²) in [5.41, 5.74) is 2.61. The van der Waals surface area contributed by atoms with Gasteiger partial charge < -0.3 is 10.1 Å². The zero-order valence-electron chi connectivity index (χ0n) is 10.2. The van der Waals surface area contributed by atoms with Gasteiger partial charge in [0.2, 0.25) is 0 Å². The molecule has 0 aliphatic heterocycles. The summed E-state index contributed by atoms with van der Waals surface area (Å²) in [6.45, 7) is 4.00. The summed E-state index contributed by atoms with van der Waals surface area (Å²) >= 11 is 0. The molecule has 88 valence electrons. The molecule has 0 spiro atoms. The highest BCUT2D eigenvalue weighted by Crippen LogP contribution is 2.26. The van der Waals surface area contributed by atoms with Crippen LogP contribution in [0.3, 0.4) is 0 Å². The number of hydrogen-bond acceptors (Lipinski definition) is 2. The molecule has 2 heteroatoms. The van der Waals surface area contributed by atoms with Gasteiger partial charge in [0.25, 0.3) is 0 Å². The van der Waals surface area contributed by atoms with Gasteiger partial charge in [0.1, 0.15) is 0 Å². The van der Waals surface area contributed by atoms with Crippen LogP contribution in [0.4, 0.5) is 0 Å². The number of nitrogens with one attached hydrogen (secondary N) is 1. The van der Waals surface area contributed by atoms with Crippen molar-refractivity contribution in [2.45, 2.75) is 39.0 Å². The first kappa shape index (κ1) is 11.6. The Morgan fingerprint density at radius 3 is 2.75 bits per heavy atom. The zero-order chi connectivity index (χ0) is 11.4. The first-order valence-corrected chi connectivity index (χ1v) is 6.08. The molecule has 0 radical (unpaired) electrons.